The number of rotatable bonds is 2. The molecule has 2 aromatic carbocycles. The van der Waals surface area contributed by atoms with E-state index in [2.05, 4.69) is 53.3 Å². The first-order valence-electron chi connectivity index (χ1n) is 5.71. The third-order valence-electron chi connectivity index (χ3n) is 2.81. The summed E-state index contributed by atoms with van der Waals surface area (Å²) in [6.45, 7) is 4.16. The van der Waals surface area contributed by atoms with Gasteiger partial charge in [0.15, 0.2) is 0 Å². The monoisotopic (exact) mass is 319 g/mol. The summed E-state index contributed by atoms with van der Waals surface area (Å²) < 4.78 is 1.03. The first kappa shape index (κ1) is 13.2. The number of aryl methyl sites for hydroxylation is 2. The van der Waals surface area contributed by atoms with Crippen LogP contribution in [0.5, 0.6) is 0 Å². The Hall–Kier alpha value is -1.19. The molecule has 0 saturated heterocycles. The summed E-state index contributed by atoms with van der Waals surface area (Å²) in [7, 11) is 0. The van der Waals surface area contributed by atoms with Crippen LogP contribution in [0.25, 0.3) is 0 Å². The molecule has 92 valence electrons. The average Bonchev–Trinajstić information content (AvgIpc) is 2.34. The lowest BCUT2D eigenvalue weighted by atomic mass is 10.1. The molecule has 0 aliphatic rings. The van der Waals surface area contributed by atoms with Crippen LogP contribution in [-0.4, -0.2) is 4.99 Å². The first-order chi connectivity index (χ1) is 8.58. The van der Waals surface area contributed by atoms with E-state index in [4.69, 9.17) is 12.2 Å². The highest BCUT2D eigenvalue weighted by atomic mass is 79.9. The number of para-hydroxylation sites is 1. The molecule has 1 N–H and O–H groups in total. The Kier molecular flexibility index (Phi) is 4.15. The molecule has 0 bridgehead atoms. The predicted octanol–water partition coefficient (Wildman–Crippen LogP) is 4.85. The summed E-state index contributed by atoms with van der Waals surface area (Å²) in [6.07, 6.45) is 0. The fourth-order valence-electron chi connectivity index (χ4n) is 1.83. The predicted molar refractivity (Wildman–Crippen MR) is 85.4 cm³/mol. The van der Waals surface area contributed by atoms with Crippen molar-refractivity contribution < 1.29 is 0 Å². The fourth-order valence-corrected chi connectivity index (χ4v) is 2.46. The van der Waals surface area contributed by atoms with Crippen molar-refractivity contribution in [2.75, 3.05) is 5.32 Å². The molecular formula is C15H14BrNS. The molecule has 0 aliphatic carbocycles. The molecular weight excluding hydrogens is 306 g/mol. The van der Waals surface area contributed by atoms with Crippen molar-refractivity contribution in [2.24, 2.45) is 0 Å². The Morgan fingerprint density at radius 1 is 1.06 bits per heavy atom. The Bertz CT molecular complexity index is 573. The third-order valence-corrected chi connectivity index (χ3v) is 3.64. The van der Waals surface area contributed by atoms with E-state index in [1.54, 1.807) is 0 Å². The van der Waals surface area contributed by atoms with E-state index in [9.17, 15) is 0 Å². The normalized spacial score (nSPS) is 10.2. The minimum atomic E-state index is 0.744. The highest BCUT2D eigenvalue weighted by Gasteiger charge is 2.06. The summed E-state index contributed by atoms with van der Waals surface area (Å²) in [5.74, 6) is 0. The van der Waals surface area contributed by atoms with E-state index in [-0.39, 0.29) is 0 Å². The van der Waals surface area contributed by atoms with Crippen molar-refractivity contribution in [3.63, 3.8) is 0 Å². The third kappa shape index (κ3) is 2.98. The van der Waals surface area contributed by atoms with Gasteiger partial charge in [-0.3, -0.25) is 0 Å². The maximum atomic E-state index is 5.45. The summed E-state index contributed by atoms with van der Waals surface area (Å²) in [6, 6.07) is 14.2. The Morgan fingerprint density at radius 3 is 2.28 bits per heavy atom. The average molecular weight is 320 g/mol. The summed E-state index contributed by atoms with van der Waals surface area (Å²) in [5, 5.41) is 3.33. The Labute approximate surface area is 121 Å². The molecule has 2 aromatic rings. The molecule has 0 spiro atoms. The minimum Gasteiger partial charge on any atom is -0.346 e. The number of hydrogen-bond donors (Lipinski definition) is 1. The van der Waals surface area contributed by atoms with Crippen molar-refractivity contribution in [3.05, 3.63) is 63.6 Å². The molecule has 0 aromatic heterocycles. The van der Waals surface area contributed by atoms with Gasteiger partial charge in [-0.25, -0.2) is 0 Å². The van der Waals surface area contributed by atoms with E-state index in [0.717, 1.165) is 20.7 Å². The summed E-state index contributed by atoms with van der Waals surface area (Å²) in [4.78, 5) is 0.744. The Morgan fingerprint density at radius 2 is 1.67 bits per heavy atom. The quantitative estimate of drug-likeness (QED) is 0.794. The lowest BCUT2D eigenvalue weighted by Gasteiger charge is -2.13. The van der Waals surface area contributed by atoms with E-state index < -0.39 is 0 Å². The van der Waals surface area contributed by atoms with Gasteiger partial charge >= 0.3 is 0 Å². The summed E-state index contributed by atoms with van der Waals surface area (Å²) >= 11 is 8.91. The fraction of sp³-hybridized carbons (Fsp3) is 0.133. The molecule has 0 saturated carbocycles. The maximum Gasteiger partial charge on any atom is 0.111 e. The second-order valence-electron chi connectivity index (χ2n) is 4.23. The lowest BCUT2D eigenvalue weighted by molar-refractivity contribution is 1.38. The number of halogens is 1. The van der Waals surface area contributed by atoms with Crippen LogP contribution in [0.1, 0.15) is 16.7 Å². The summed E-state index contributed by atoms with van der Waals surface area (Å²) in [5.41, 5.74) is 4.52. The van der Waals surface area contributed by atoms with Gasteiger partial charge < -0.3 is 5.32 Å². The zero-order valence-electron chi connectivity index (χ0n) is 10.3. The van der Waals surface area contributed by atoms with Crippen molar-refractivity contribution in [2.45, 2.75) is 13.8 Å². The molecule has 0 aliphatic heterocycles. The smallest absolute Gasteiger partial charge is 0.111 e. The zero-order valence-corrected chi connectivity index (χ0v) is 12.7. The van der Waals surface area contributed by atoms with E-state index in [1.165, 1.54) is 11.1 Å². The molecule has 0 unspecified atom stereocenters. The van der Waals surface area contributed by atoms with Crippen molar-refractivity contribution >= 4 is 38.8 Å². The van der Waals surface area contributed by atoms with Gasteiger partial charge in [0.05, 0.1) is 0 Å². The number of anilines is 1. The molecule has 3 heteroatoms. The largest absolute Gasteiger partial charge is 0.346 e. The van der Waals surface area contributed by atoms with Gasteiger partial charge in [0.1, 0.15) is 4.99 Å². The number of nitrogens with one attached hydrogen (secondary N) is 1. The van der Waals surface area contributed by atoms with E-state index >= 15 is 0 Å². The standard InChI is InChI=1S/C15H14BrNS/c1-10-5-3-6-11(2)14(10)17-15(18)12-7-4-8-13(16)9-12/h3-9H,1-2H3,(H,17,18). The van der Waals surface area contributed by atoms with Gasteiger partial charge in [-0.1, -0.05) is 58.5 Å². The molecule has 2 rings (SSSR count). The molecule has 0 fully saturated rings. The topological polar surface area (TPSA) is 12.0 Å². The van der Waals surface area contributed by atoms with Crippen LogP contribution in [0.4, 0.5) is 5.69 Å². The SMILES string of the molecule is Cc1cccc(C)c1NC(=S)c1cccc(Br)c1. The minimum absolute atomic E-state index is 0.744. The van der Waals surface area contributed by atoms with E-state index in [1.807, 2.05) is 24.3 Å². The van der Waals surface area contributed by atoms with Gasteiger partial charge in [0.25, 0.3) is 0 Å². The van der Waals surface area contributed by atoms with Crippen molar-refractivity contribution in [1.82, 2.24) is 0 Å². The molecule has 18 heavy (non-hydrogen) atoms. The van der Waals surface area contributed by atoms with Gasteiger partial charge in [-0.2, -0.15) is 0 Å². The molecule has 0 radical (unpaired) electrons. The molecule has 0 heterocycles. The second kappa shape index (κ2) is 5.63. The van der Waals surface area contributed by atoms with Gasteiger partial charge in [0.2, 0.25) is 0 Å². The van der Waals surface area contributed by atoms with Crippen LogP contribution in [0.15, 0.2) is 46.9 Å². The lowest BCUT2D eigenvalue weighted by Crippen LogP contribution is -2.12. The molecule has 0 amide bonds. The second-order valence-corrected chi connectivity index (χ2v) is 5.56. The van der Waals surface area contributed by atoms with Crippen molar-refractivity contribution in [3.8, 4) is 0 Å². The van der Waals surface area contributed by atoms with Crippen LogP contribution < -0.4 is 5.32 Å². The van der Waals surface area contributed by atoms with Crippen LogP contribution in [0, 0.1) is 13.8 Å². The van der Waals surface area contributed by atoms with Gasteiger partial charge in [-0.15, -0.1) is 0 Å². The van der Waals surface area contributed by atoms with Crippen LogP contribution in [-0.2, 0) is 0 Å². The Balaban J connectivity index is 2.27. The number of thiocarbonyl (C=S) groups is 1. The number of benzene rings is 2. The zero-order chi connectivity index (χ0) is 13.1. The highest BCUT2D eigenvalue weighted by Crippen LogP contribution is 2.21. The molecule has 0 atom stereocenters. The van der Waals surface area contributed by atoms with Crippen molar-refractivity contribution in [1.29, 1.82) is 0 Å². The van der Waals surface area contributed by atoms with E-state index in [0.29, 0.717) is 0 Å². The van der Waals surface area contributed by atoms with Crippen LogP contribution in [0.3, 0.4) is 0 Å². The van der Waals surface area contributed by atoms with Crippen LogP contribution in [0.2, 0.25) is 0 Å². The highest BCUT2D eigenvalue weighted by molar-refractivity contribution is 9.10. The number of hydrogen-bond acceptors (Lipinski definition) is 1. The van der Waals surface area contributed by atoms with Gasteiger partial charge in [0, 0.05) is 15.7 Å². The molecule has 1 nitrogen and oxygen atoms in total. The van der Waals surface area contributed by atoms with Gasteiger partial charge in [-0.05, 0) is 37.1 Å². The first-order valence-corrected chi connectivity index (χ1v) is 6.91. The van der Waals surface area contributed by atoms with Crippen LogP contribution >= 0.6 is 28.1 Å². The maximum absolute atomic E-state index is 5.45.